The zero-order valence-corrected chi connectivity index (χ0v) is 13.4. The molecule has 0 spiro atoms. The number of para-hydroxylation sites is 1. The number of amides is 1. The Kier molecular flexibility index (Phi) is 6.83. The lowest BCUT2D eigenvalue weighted by Gasteiger charge is -2.20. The van der Waals surface area contributed by atoms with Crippen LogP contribution in [0.3, 0.4) is 0 Å². The van der Waals surface area contributed by atoms with Crippen LogP contribution in [-0.4, -0.2) is 19.1 Å². The van der Waals surface area contributed by atoms with Gasteiger partial charge in [0.05, 0.1) is 6.54 Å². The van der Waals surface area contributed by atoms with Crippen LogP contribution in [0.4, 0.5) is 0 Å². The van der Waals surface area contributed by atoms with E-state index in [-0.39, 0.29) is 5.91 Å². The van der Waals surface area contributed by atoms with Gasteiger partial charge in [-0.05, 0) is 37.3 Å². The summed E-state index contributed by atoms with van der Waals surface area (Å²) in [6.07, 6.45) is 6.92. The minimum absolute atomic E-state index is 0.126. The van der Waals surface area contributed by atoms with Gasteiger partial charge in [0.25, 0.3) is 0 Å². The summed E-state index contributed by atoms with van der Waals surface area (Å²) in [5, 5.41) is 2.87. The van der Waals surface area contributed by atoms with Gasteiger partial charge < -0.3 is 10.1 Å². The number of rotatable bonds is 5. The number of aryl methyl sites for hydroxylation is 1. The Balaban J connectivity index is 1.60. The lowest BCUT2D eigenvalue weighted by molar-refractivity contribution is -0.122. The Labute approximate surface area is 133 Å². The predicted octanol–water partition coefficient (Wildman–Crippen LogP) is 3.46. The van der Waals surface area contributed by atoms with Gasteiger partial charge in [-0.15, -0.1) is 0 Å². The molecule has 118 valence electrons. The average Bonchev–Trinajstić information content (AvgIpc) is 2.53. The van der Waals surface area contributed by atoms with Crippen LogP contribution in [0.15, 0.2) is 24.3 Å². The zero-order chi connectivity index (χ0) is 15.6. The average molecular weight is 299 g/mol. The van der Waals surface area contributed by atoms with Gasteiger partial charge in [0.15, 0.2) is 0 Å². The highest BCUT2D eigenvalue weighted by Gasteiger charge is 2.16. The highest BCUT2D eigenvalue weighted by Crippen LogP contribution is 2.25. The fraction of sp³-hybridized carbons (Fsp3) is 0.526. The number of carbonyl (C=O) groups is 1. The minimum atomic E-state index is 0.126. The molecule has 0 heterocycles. The van der Waals surface area contributed by atoms with E-state index in [2.05, 4.69) is 17.2 Å². The lowest BCUT2D eigenvalue weighted by atomic mass is 9.87. The Hall–Kier alpha value is -1.95. The van der Waals surface area contributed by atoms with Crippen molar-refractivity contribution in [3.8, 4) is 17.6 Å². The third-order valence-corrected chi connectivity index (χ3v) is 4.09. The van der Waals surface area contributed by atoms with E-state index < -0.39 is 0 Å². The monoisotopic (exact) mass is 299 g/mol. The van der Waals surface area contributed by atoms with Gasteiger partial charge in [-0.3, -0.25) is 4.79 Å². The standard InChI is InChI=1S/C19H25NO2/c1-16-9-5-6-12-18(16)22-14-8-7-13-20-19(21)15-17-10-3-2-4-11-17/h5-6,9,12,17H,2-4,10-11,13-15H2,1H3,(H,20,21). The van der Waals surface area contributed by atoms with Crippen molar-refractivity contribution in [2.45, 2.75) is 45.4 Å². The van der Waals surface area contributed by atoms with Crippen molar-refractivity contribution in [1.29, 1.82) is 0 Å². The summed E-state index contributed by atoms with van der Waals surface area (Å²) < 4.78 is 5.58. The second-order valence-corrected chi connectivity index (χ2v) is 5.89. The minimum Gasteiger partial charge on any atom is -0.481 e. The van der Waals surface area contributed by atoms with Crippen molar-refractivity contribution in [3.05, 3.63) is 29.8 Å². The number of hydrogen-bond acceptors (Lipinski definition) is 2. The SMILES string of the molecule is Cc1ccccc1OCC#CCNC(=O)CC1CCCCC1. The van der Waals surface area contributed by atoms with Crippen molar-refractivity contribution in [3.63, 3.8) is 0 Å². The molecular formula is C19H25NO2. The molecule has 1 amide bonds. The third-order valence-electron chi connectivity index (χ3n) is 4.09. The van der Waals surface area contributed by atoms with Crippen LogP contribution in [-0.2, 0) is 4.79 Å². The highest BCUT2D eigenvalue weighted by molar-refractivity contribution is 5.76. The Morgan fingerprint density at radius 1 is 1.23 bits per heavy atom. The second kappa shape index (κ2) is 9.15. The van der Waals surface area contributed by atoms with E-state index in [4.69, 9.17) is 4.74 Å². The van der Waals surface area contributed by atoms with E-state index in [0.29, 0.717) is 25.5 Å². The summed E-state index contributed by atoms with van der Waals surface area (Å²) in [5.41, 5.74) is 1.10. The van der Waals surface area contributed by atoms with Crippen LogP contribution in [0.25, 0.3) is 0 Å². The number of hydrogen-bond donors (Lipinski definition) is 1. The van der Waals surface area contributed by atoms with E-state index in [9.17, 15) is 4.79 Å². The molecule has 1 aromatic rings. The Morgan fingerprint density at radius 3 is 2.77 bits per heavy atom. The third kappa shape index (κ3) is 5.81. The molecule has 0 unspecified atom stereocenters. The Bertz CT molecular complexity index is 536. The molecular weight excluding hydrogens is 274 g/mol. The quantitative estimate of drug-likeness (QED) is 0.846. The van der Waals surface area contributed by atoms with Crippen LogP contribution < -0.4 is 10.1 Å². The fourth-order valence-corrected chi connectivity index (χ4v) is 2.81. The normalized spacial score (nSPS) is 14.8. The molecule has 0 saturated heterocycles. The van der Waals surface area contributed by atoms with E-state index in [1.165, 1.54) is 32.1 Å². The van der Waals surface area contributed by atoms with Crippen molar-refractivity contribution >= 4 is 5.91 Å². The molecule has 3 nitrogen and oxygen atoms in total. The van der Waals surface area contributed by atoms with Gasteiger partial charge in [0.2, 0.25) is 5.91 Å². The van der Waals surface area contributed by atoms with Gasteiger partial charge in [-0.1, -0.05) is 49.3 Å². The largest absolute Gasteiger partial charge is 0.481 e. The second-order valence-electron chi connectivity index (χ2n) is 5.89. The fourth-order valence-electron chi connectivity index (χ4n) is 2.81. The number of nitrogens with one attached hydrogen (secondary N) is 1. The molecule has 1 N–H and O–H groups in total. The van der Waals surface area contributed by atoms with Crippen LogP contribution in [0, 0.1) is 24.7 Å². The van der Waals surface area contributed by atoms with Crippen LogP contribution >= 0.6 is 0 Å². The van der Waals surface area contributed by atoms with E-state index >= 15 is 0 Å². The number of ether oxygens (including phenoxy) is 1. The van der Waals surface area contributed by atoms with Gasteiger partial charge in [0, 0.05) is 6.42 Å². The molecule has 1 aliphatic carbocycles. The molecule has 2 rings (SSSR count). The van der Waals surface area contributed by atoms with Crippen molar-refractivity contribution in [2.75, 3.05) is 13.2 Å². The maximum atomic E-state index is 11.8. The highest BCUT2D eigenvalue weighted by atomic mass is 16.5. The molecule has 1 fully saturated rings. The maximum Gasteiger partial charge on any atom is 0.221 e. The molecule has 0 radical (unpaired) electrons. The van der Waals surface area contributed by atoms with Gasteiger partial charge >= 0.3 is 0 Å². The van der Waals surface area contributed by atoms with Crippen molar-refractivity contribution < 1.29 is 9.53 Å². The summed E-state index contributed by atoms with van der Waals surface area (Å²) in [5.74, 6) is 7.43. The molecule has 1 saturated carbocycles. The summed E-state index contributed by atoms with van der Waals surface area (Å²) in [6, 6.07) is 7.87. The van der Waals surface area contributed by atoms with Gasteiger partial charge in [-0.25, -0.2) is 0 Å². The molecule has 0 bridgehead atoms. The molecule has 1 aliphatic rings. The summed E-state index contributed by atoms with van der Waals surface area (Å²) in [6.45, 7) is 2.76. The van der Waals surface area contributed by atoms with Crippen molar-refractivity contribution in [1.82, 2.24) is 5.32 Å². The lowest BCUT2D eigenvalue weighted by Crippen LogP contribution is -2.26. The first-order valence-corrected chi connectivity index (χ1v) is 8.16. The Morgan fingerprint density at radius 2 is 2.00 bits per heavy atom. The molecule has 22 heavy (non-hydrogen) atoms. The van der Waals surface area contributed by atoms with Crippen molar-refractivity contribution in [2.24, 2.45) is 5.92 Å². The first kappa shape index (κ1) is 16.4. The maximum absolute atomic E-state index is 11.8. The van der Waals surface area contributed by atoms with E-state index in [1.807, 2.05) is 31.2 Å². The van der Waals surface area contributed by atoms with Crippen LogP contribution in [0.2, 0.25) is 0 Å². The van der Waals surface area contributed by atoms with Gasteiger partial charge in [-0.2, -0.15) is 0 Å². The number of carbonyl (C=O) groups excluding carboxylic acids is 1. The molecule has 3 heteroatoms. The molecule has 1 aromatic carbocycles. The van der Waals surface area contributed by atoms with Gasteiger partial charge in [0.1, 0.15) is 12.4 Å². The zero-order valence-electron chi connectivity index (χ0n) is 13.4. The summed E-state index contributed by atoms with van der Waals surface area (Å²) in [4.78, 5) is 11.8. The first-order valence-electron chi connectivity index (χ1n) is 8.16. The molecule has 0 atom stereocenters. The molecule has 0 aliphatic heterocycles. The van der Waals surface area contributed by atoms with Crippen LogP contribution in [0.5, 0.6) is 5.75 Å². The van der Waals surface area contributed by atoms with E-state index in [0.717, 1.165) is 11.3 Å². The number of benzene rings is 1. The predicted molar refractivity (Wildman–Crippen MR) is 88.7 cm³/mol. The smallest absolute Gasteiger partial charge is 0.221 e. The van der Waals surface area contributed by atoms with Crippen LogP contribution in [0.1, 0.15) is 44.1 Å². The first-order chi connectivity index (χ1) is 10.8. The molecule has 0 aromatic heterocycles. The van der Waals surface area contributed by atoms with E-state index in [1.54, 1.807) is 0 Å². The summed E-state index contributed by atoms with van der Waals surface area (Å²) >= 11 is 0. The topological polar surface area (TPSA) is 38.3 Å². The summed E-state index contributed by atoms with van der Waals surface area (Å²) in [7, 11) is 0.